The zero-order chi connectivity index (χ0) is 12.1. The minimum atomic E-state index is -0.646. The highest BCUT2D eigenvalue weighted by atomic mass is 19.1. The van der Waals surface area contributed by atoms with E-state index < -0.39 is 5.82 Å². The minimum Gasteiger partial charge on any atom is -0.294 e. The molecule has 1 aromatic carbocycles. The lowest BCUT2D eigenvalue weighted by Crippen LogP contribution is -2.05. The molecule has 0 saturated carbocycles. The number of halogens is 1. The van der Waals surface area contributed by atoms with Gasteiger partial charge in [-0.25, -0.2) is 4.39 Å². The van der Waals surface area contributed by atoms with E-state index in [0.717, 1.165) is 6.07 Å². The Balaban J connectivity index is 2.95. The van der Waals surface area contributed by atoms with Crippen LogP contribution in [0.15, 0.2) is 18.2 Å². The van der Waals surface area contributed by atoms with E-state index in [1.54, 1.807) is 13.0 Å². The second-order valence-corrected chi connectivity index (χ2v) is 3.46. The number of carbonyl (C=O) groups is 1. The van der Waals surface area contributed by atoms with Crippen molar-refractivity contribution in [3.05, 3.63) is 35.1 Å². The van der Waals surface area contributed by atoms with E-state index in [1.807, 2.05) is 6.07 Å². The summed E-state index contributed by atoms with van der Waals surface area (Å²) in [5, 5.41) is 17.2. The topological polar surface area (TPSA) is 64.7 Å². The van der Waals surface area contributed by atoms with E-state index >= 15 is 0 Å². The number of hydrogen-bond donors (Lipinski definition) is 0. The Bertz CT molecular complexity index is 497. The number of Topliss-reactive ketones (excluding diaryl/α,β-unsaturated/α-hetero) is 1. The third-order valence-electron chi connectivity index (χ3n) is 2.12. The first-order valence-electron chi connectivity index (χ1n) is 4.71. The summed E-state index contributed by atoms with van der Waals surface area (Å²) in [6.45, 7) is 1.63. The van der Waals surface area contributed by atoms with Crippen LogP contribution in [0, 0.1) is 34.4 Å². The summed E-state index contributed by atoms with van der Waals surface area (Å²) in [5.41, 5.74) is 0.107. The molecule has 0 aliphatic heterocycles. The Labute approximate surface area is 92.7 Å². The largest absolute Gasteiger partial charge is 0.294 e. The Morgan fingerprint density at radius 3 is 2.75 bits per heavy atom. The molecular weight excluding hydrogens is 207 g/mol. The fraction of sp³-hybridized carbons (Fsp3) is 0.250. The van der Waals surface area contributed by atoms with Gasteiger partial charge in [-0.05, 0) is 25.1 Å². The number of nitriles is 2. The molecule has 0 bridgehead atoms. The average molecular weight is 216 g/mol. The molecule has 1 atom stereocenters. The van der Waals surface area contributed by atoms with Gasteiger partial charge in [0.05, 0.1) is 17.6 Å². The van der Waals surface area contributed by atoms with Gasteiger partial charge in [-0.15, -0.1) is 0 Å². The fourth-order valence-electron chi connectivity index (χ4n) is 1.23. The molecule has 0 spiro atoms. The van der Waals surface area contributed by atoms with Crippen molar-refractivity contribution in [1.82, 2.24) is 0 Å². The van der Waals surface area contributed by atoms with Crippen molar-refractivity contribution in [2.24, 2.45) is 5.92 Å². The highest BCUT2D eigenvalue weighted by Gasteiger charge is 2.12. The summed E-state index contributed by atoms with van der Waals surface area (Å²) in [5.74, 6) is -1.29. The van der Waals surface area contributed by atoms with Crippen molar-refractivity contribution in [2.75, 3.05) is 0 Å². The van der Waals surface area contributed by atoms with Crippen LogP contribution >= 0.6 is 0 Å². The smallest absolute Gasteiger partial charge is 0.164 e. The van der Waals surface area contributed by atoms with Gasteiger partial charge in [0.2, 0.25) is 0 Å². The number of rotatable bonds is 3. The molecule has 0 aromatic heterocycles. The van der Waals surface area contributed by atoms with Crippen LogP contribution < -0.4 is 0 Å². The molecule has 0 aliphatic carbocycles. The molecule has 1 unspecified atom stereocenters. The van der Waals surface area contributed by atoms with Crippen molar-refractivity contribution in [3.8, 4) is 12.1 Å². The van der Waals surface area contributed by atoms with Crippen molar-refractivity contribution in [1.29, 1.82) is 10.5 Å². The van der Waals surface area contributed by atoms with Gasteiger partial charge in [-0.3, -0.25) is 4.79 Å². The van der Waals surface area contributed by atoms with Crippen molar-refractivity contribution in [2.45, 2.75) is 13.3 Å². The summed E-state index contributed by atoms with van der Waals surface area (Å²) in [4.78, 5) is 11.6. The number of carbonyl (C=O) groups excluding carboxylic acids is 1. The van der Waals surface area contributed by atoms with E-state index in [0.29, 0.717) is 0 Å². The molecule has 0 heterocycles. The zero-order valence-electron chi connectivity index (χ0n) is 8.70. The lowest BCUT2D eigenvalue weighted by Gasteiger charge is -2.03. The Kier molecular flexibility index (Phi) is 3.74. The molecule has 80 valence electrons. The molecule has 4 heteroatoms. The van der Waals surface area contributed by atoms with Crippen LogP contribution in [0.4, 0.5) is 4.39 Å². The predicted molar refractivity (Wildman–Crippen MR) is 54.8 cm³/mol. The summed E-state index contributed by atoms with van der Waals surface area (Å²) < 4.78 is 13.0. The van der Waals surface area contributed by atoms with Gasteiger partial charge < -0.3 is 0 Å². The fourth-order valence-corrected chi connectivity index (χ4v) is 1.23. The van der Waals surface area contributed by atoms with Crippen LogP contribution in [-0.4, -0.2) is 5.78 Å². The molecule has 0 amide bonds. The van der Waals surface area contributed by atoms with Crippen molar-refractivity contribution in [3.63, 3.8) is 0 Å². The van der Waals surface area contributed by atoms with E-state index in [-0.39, 0.29) is 29.2 Å². The molecular formula is C12H9FN2O. The standard InChI is InChI=1S/C12H9FN2O/c1-8(6-14)4-12(16)9-2-3-11(13)10(5-9)7-15/h2-3,5,8H,4H2,1H3. The van der Waals surface area contributed by atoms with Gasteiger partial charge in [0.15, 0.2) is 5.78 Å². The molecule has 3 nitrogen and oxygen atoms in total. The van der Waals surface area contributed by atoms with E-state index in [2.05, 4.69) is 0 Å². The first-order chi connectivity index (χ1) is 7.58. The van der Waals surface area contributed by atoms with E-state index in [4.69, 9.17) is 10.5 Å². The van der Waals surface area contributed by atoms with E-state index in [1.165, 1.54) is 12.1 Å². The lowest BCUT2D eigenvalue weighted by atomic mass is 9.99. The number of nitrogens with zero attached hydrogens (tertiary/aromatic N) is 2. The second-order valence-electron chi connectivity index (χ2n) is 3.46. The van der Waals surface area contributed by atoms with Crippen LogP contribution in [0.25, 0.3) is 0 Å². The molecule has 0 radical (unpaired) electrons. The maximum absolute atomic E-state index is 13.0. The van der Waals surface area contributed by atoms with Gasteiger partial charge in [-0.2, -0.15) is 10.5 Å². The SMILES string of the molecule is CC(C#N)CC(=O)c1ccc(F)c(C#N)c1. The highest BCUT2D eigenvalue weighted by Crippen LogP contribution is 2.13. The third-order valence-corrected chi connectivity index (χ3v) is 2.12. The average Bonchev–Trinajstić information content (AvgIpc) is 2.29. The normalized spacial score (nSPS) is 11.2. The molecule has 16 heavy (non-hydrogen) atoms. The van der Waals surface area contributed by atoms with Crippen LogP contribution in [0.2, 0.25) is 0 Å². The van der Waals surface area contributed by atoms with Crippen molar-refractivity contribution >= 4 is 5.78 Å². The number of benzene rings is 1. The molecule has 0 saturated heterocycles. The van der Waals surface area contributed by atoms with Crippen LogP contribution in [-0.2, 0) is 0 Å². The lowest BCUT2D eigenvalue weighted by molar-refractivity contribution is 0.0972. The highest BCUT2D eigenvalue weighted by molar-refractivity contribution is 5.96. The zero-order valence-corrected chi connectivity index (χ0v) is 8.70. The summed E-state index contributed by atoms with van der Waals surface area (Å²) in [6.07, 6.45) is 0.0764. The Hall–Kier alpha value is -2.20. The second kappa shape index (κ2) is 5.04. The van der Waals surface area contributed by atoms with Gasteiger partial charge in [0.25, 0.3) is 0 Å². The minimum absolute atomic E-state index is 0.0764. The Morgan fingerprint density at radius 1 is 1.50 bits per heavy atom. The number of hydrogen-bond acceptors (Lipinski definition) is 3. The van der Waals surface area contributed by atoms with Gasteiger partial charge in [0.1, 0.15) is 11.9 Å². The summed E-state index contributed by atoms with van der Waals surface area (Å²) in [7, 11) is 0. The van der Waals surface area contributed by atoms with Crippen LogP contribution in [0.5, 0.6) is 0 Å². The summed E-state index contributed by atoms with van der Waals surface area (Å²) >= 11 is 0. The quantitative estimate of drug-likeness (QED) is 0.729. The summed E-state index contributed by atoms with van der Waals surface area (Å²) in [6, 6.07) is 7.23. The monoisotopic (exact) mass is 216 g/mol. The maximum atomic E-state index is 13.0. The first kappa shape index (κ1) is 11.9. The molecule has 1 rings (SSSR count). The number of ketones is 1. The Morgan fingerprint density at radius 2 is 2.19 bits per heavy atom. The predicted octanol–water partition coefficient (Wildman–Crippen LogP) is 2.43. The van der Waals surface area contributed by atoms with Crippen LogP contribution in [0.3, 0.4) is 0 Å². The molecule has 0 fully saturated rings. The third kappa shape index (κ3) is 2.65. The van der Waals surface area contributed by atoms with Crippen LogP contribution in [0.1, 0.15) is 29.3 Å². The molecule has 0 N–H and O–H groups in total. The maximum Gasteiger partial charge on any atom is 0.164 e. The van der Waals surface area contributed by atoms with Gasteiger partial charge in [0, 0.05) is 12.0 Å². The first-order valence-corrected chi connectivity index (χ1v) is 4.71. The molecule has 1 aromatic rings. The van der Waals surface area contributed by atoms with Crippen molar-refractivity contribution < 1.29 is 9.18 Å². The van der Waals surface area contributed by atoms with E-state index in [9.17, 15) is 9.18 Å². The van der Waals surface area contributed by atoms with Gasteiger partial charge in [-0.1, -0.05) is 0 Å². The van der Waals surface area contributed by atoms with Gasteiger partial charge >= 0.3 is 0 Å². The molecule has 0 aliphatic rings.